The van der Waals surface area contributed by atoms with Crippen LogP contribution in [-0.2, 0) is 12.8 Å². The minimum atomic E-state index is -4.34. The Labute approximate surface area is 131 Å². The Hall–Kier alpha value is -1.88. The van der Waals surface area contributed by atoms with E-state index in [-0.39, 0.29) is 6.61 Å². The van der Waals surface area contributed by atoms with Crippen molar-refractivity contribution in [2.45, 2.75) is 19.7 Å². The summed E-state index contributed by atoms with van der Waals surface area (Å²) in [6, 6.07) is 9.82. The second-order valence-corrected chi connectivity index (χ2v) is 4.92. The maximum atomic E-state index is 12.5. The summed E-state index contributed by atoms with van der Waals surface area (Å²) < 4.78 is 48.3. The highest BCUT2D eigenvalue weighted by Crippen LogP contribution is 2.31. The van der Waals surface area contributed by atoms with Gasteiger partial charge in [-0.25, -0.2) is 0 Å². The number of rotatable bonds is 5. The number of hydrogen-bond donors (Lipinski definition) is 0. The summed E-state index contributed by atoms with van der Waals surface area (Å²) in [7, 11) is 0. The zero-order valence-corrected chi connectivity index (χ0v) is 12.5. The SMILES string of the molecule is CCOc1ccc(Cl)c(OCc2ccc(C(F)(F)F)cc2)c1. The molecule has 0 spiro atoms. The predicted molar refractivity (Wildman–Crippen MR) is 78.4 cm³/mol. The van der Waals surface area contributed by atoms with Gasteiger partial charge in [0.1, 0.15) is 18.1 Å². The Morgan fingerprint density at radius 2 is 1.68 bits per heavy atom. The molecule has 2 rings (SSSR count). The van der Waals surface area contributed by atoms with Gasteiger partial charge in [0.05, 0.1) is 17.2 Å². The Balaban J connectivity index is 2.05. The quantitative estimate of drug-likeness (QED) is 0.737. The molecule has 2 nitrogen and oxygen atoms in total. The van der Waals surface area contributed by atoms with Crippen molar-refractivity contribution in [1.82, 2.24) is 0 Å². The number of hydrogen-bond acceptors (Lipinski definition) is 2. The molecule has 0 aromatic heterocycles. The monoisotopic (exact) mass is 330 g/mol. The molecule has 0 fully saturated rings. The lowest BCUT2D eigenvalue weighted by atomic mass is 10.1. The lowest BCUT2D eigenvalue weighted by Crippen LogP contribution is -2.05. The first kappa shape index (κ1) is 16.5. The van der Waals surface area contributed by atoms with Gasteiger partial charge in [0.2, 0.25) is 0 Å². The average molecular weight is 331 g/mol. The molecule has 0 unspecified atom stereocenters. The minimum Gasteiger partial charge on any atom is -0.494 e. The van der Waals surface area contributed by atoms with Gasteiger partial charge in [-0.05, 0) is 36.8 Å². The third kappa shape index (κ3) is 4.31. The standard InChI is InChI=1S/C16H14ClF3O2/c1-2-21-13-7-8-14(17)15(9-13)22-10-11-3-5-12(6-4-11)16(18,19)20/h3-9H,2,10H2,1H3. The molecule has 118 valence electrons. The summed E-state index contributed by atoms with van der Waals surface area (Å²) in [6.07, 6.45) is -4.34. The van der Waals surface area contributed by atoms with E-state index in [4.69, 9.17) is 21.1 Å². The second-order valence-electron chi connectivity index (χ2n) is 4.51. The molecule has 0 amide bonds. The largest absolute Gasteiger partial charge is 0.494 e. The molecule has 2 aromatic rings. The molecule has 0 aliphatic rings. The highest BCUT2D eigenvalue weighted by atomic mass is 35.5. The van der Waals surface area contributed by atoms with Crippen LogP contribution in [0, 0.1) is 0 Å². The topological polar surface area (TPSA) is 18.5 Å². The Bertz CT molecular complexity index is 624. The van der Waals surface area contributed by atoms with Gasteiger partial charge >= 0.3 is 6.18 Å². The van der Waals surface area contributed by atoms with Gasteiger partial charge in [-0.15, -0.1) is 0 Å². The zero-order valence-electron chi connectivity index (χ0n) is 11.8. The fraction of sp³-hybridized carbons (Fsp3) is 0.250. The van der Waals surface area contributed by atoms with Crippen LogP contribution >= 0.6 is 11.6 Å². The normalized spacial score (nSPS) is 11.3. The highest BCUT2D eigenvalue weighted by molar-refractivity contribution is 6.32. The summed E-state index contributed by atoms with van der Waals surface area (Å²) >= 11 is 6.02. The molecule has 6 heteroatoms. The molecule has 22 heavy (non-hydrogen) atoms. The van der Waals surface area contributed by atoms with Gasteiger partial charge in [-0.1, -0.05) is 23.7 Å². The first-order chi connectivity index (χ1) is 10.4. The van der Waals surface area contributed by atoms with Gasteiger partial charge in [-0.2, -0.15) is 13.2 Å². The third-order valence-electron chi connectivity index (χ3n) is 2.89. The van der Waals surface area contributed by atoms with Crippen LogP contribution in [0.1, 0.15) is 18.1 Å². The maximum absolute atomic E-state index is 12.5. The van der Waals surface area contributed by atoms with Crippen LogP contribution in [0.2, 0.25) is 5.02 Å². The van der Waals surface area contributed by atoms with Gasteiger partial charge in [-0.3, -0.25) is 0 Å². The van der Waals surface area contributed by atoms with E-state index in [0.717, 1.165) is 12.1 Å². The molecule has 0 heterocycles. The maximum Gasteiger partial charge on any atom is 0.416 e. The summed E-state index contributed by atoms with van der Waals surface area (Å²) in [4.78, 5) is 0. The van der Waals surface area contributed by atoms with Crippen LogP contribution in [0.25, 0.3) is 0 Å². The van der Waals surface area contributed by atoms with Crippen LogP contribution < -0.4 is 9.47 Å². The van der Waals surface area contributed by atoms with Crippen LogP contribution in [0.3, 0.4) is 0 Å². The number of alkyl halides is 3. The molecule has 0 aliphatic carbocycles. The van der Waals surface area contributed by atoms with E-state index < -0.39 is 11.7 Å². The van der Waals surface area contributed by atoms with Crippen LogP contribution in [-0.4, -0.2) is 6.61 Å². The Kier molecular flexibility index (Phi) is 5.19. The summed E-state index contributed by atoms with van der Waals surface area (Å²) in [5.74, 6) is 1.04. The molecule has 0 saturated carbocycles. The molecular weight excluding hydrogens is 317 g/mol. The van der Waals surface area contributed by atoms with Gasteiger partial charge in [0, 0.05) is 6.07 Å². The van der Waals surface area contributed by atoms with E-state index in [2.05, 4.69) is 0 Å². The van der Waals surface area contributed by atoms with Crippen molar-refractivity contribution in [3.63, 3.8) is 0 Å². The molecule has 0 saturated heterocycles. The molecule has 0 bridgehead atoms. The van der Waals surface area contributed by atoms with Crippen molar-refractivity contribution in [2.75, 3.05) is 6.61 Å². The van der Waals surface area contributed by atoms with Gasteiger partial charge in [0.25, 0.3) is 0 Å². The summed E-state index contributed by atoms with van der Waals surface area (Å²) in [6.45, 7) is 2.49. The lowest BCUT2D eigenvalue weighted by molar-refractivity contribution is -0.137. The summed E-state index contributed by atoms with van der Waals surface area (Å²) in [5, 5.41) is 0.412. The third-order valence-corrected chi connectivity index (χ3v) is 3.20. The number of halogens is 4. The molecule has 0 N–H and O–H groups in total. The van der Waals surface area contributed by atoms with E-state index >= 15 is 0 Å². The van der Waals surface area contributed by atoms with E-state index in [1.807, 2.05) is 6.92 Å². The Morgan fingerprint density at radius 3 is 2.27 bits per heavy atom. The van der Waals surface area contributed by atoms with Gasteiger partial charge < -0.3 is 9.47 Å². The average Bonchev–Trinajstić information content (AvgIpc) is 2.47. The van der Waals surface area contributed by atoms with Crippen molar-refractivity contribution in [2.24, 2.45) is 0 Å². The van der Waals surface area contributed by atoms with Gasteiger partial charge in [0.15, 0.2) is 0 Å². The van der Waals surface area contributed by atoms with Crippen LogP contribution in [0.4, 0.5) is 13.2 Å². The first-order valence-electron chi connectivity index (χ1n) is 6.61. The van der Waals surface area contributed by atoms with Crippen LogP contribution in [0.15, 0.2) is 42.5 Å². The van der Waals surface area contributed by atoms with Crippen molar-refractivity contribution in [1.29, 1.82) is 0 Å². The van der Waals surface area contributed by atoms with Crippen molar-refractivity contribution in [3.05, 3.63) is 58.6 Å². The zero-order chi connectivity index (χ0) is 16.2. The van der Waals surface area contributed by atoms with Crippen LogP contribution in [0.5, 0.6) is 11.5 Å². The minimum absolute atomic E-state index is 0.118. The Morgan fingerprint density at radius 1 is 1.00 bits per heavy atom. The van der Waals surface area contributed by atoms with Crippen molar-refractivity contribution >= 4 is 11.6 Å². The van der Waals surface area contributed by atoms with E-state index in [0.29, 0.717) is 28.7 Å². The second kappa shape index (κ2) is 6.92. The predicted octanol–water partition coefficient (Wildman–Crippen LogP) is 5.34. The molecule has 0 aliphatic heterocycles. The fourth-order valence-corrected chi connectivity index (χ4v) is 1.97. The number of benzene rings is 2. The fourth-order valence-electron chi connectivity index (χ4n) is 1.80. The molecule has 0 atom stereocenters. The highest BCUT2D eigenvalue weighted by Gasteiger charge is 2.29. The number of ether oxygens (including phenoxy) is 2. The first-order valence-corrected chi connectivity index (χ1v) is 6.99. The van der Waals surface area contributed by atoms with Crippen molar-refractivity contribution < 1.29 is 22.6 Å². The smallest absolute Gasteiger partial charge is 0.416 e. The lowest BCUT2D eigenvalue weighted by Gasteiger charge is -2.11. The molecule has 0 radical (unpaired) electrons. The van der Waals surface area contributed by atoms with E-state index in [9.17, 15) is 13.2 Å². The van der Waals surface area contributed by atoms with E-state index in [1.54, 1.807) is 18.2 Å². The van der Waals surface area contributed by atoms with Crippen molar-refractivity contribution in [3.8, 4) is 11.5 Å². The molecule has 2 aromatic carbocycles. The molecular formula is C16H14ClF3O2. The summed E-state index contributed by atoms with van der Waals surface area (Å²) in [5.41, 5.74) is -0.0708. The van der Waals surface area contributed by atoms with E-state index in [1.165, 1.54) is 12.1 Å².